The van der Waals surface area contributed by atoms with E-state index in [1.807, 2.05) is 0 Å². The highest BCUT2D eigenvalue weighted by molar-refractivity contribution is 7.90. The zero-order valence-electron chi connectivity index (χ0n) is 12.2. The third-order valence-electron chi connectivity index (χ3n) is 3.21. The Morgan fingerprint density at radius 2 is 2.00 bits per heavy atom. The van der Waals surface area contributed by atoms with Crippen molar-refractivity contribution in [3.05, 3.63) is 23.8 Å². The zero-order chi connectivity index (χ0) is 16.7. The molecule has 1 heterocycles. The summed E-state index contributed by atoms with van der Waals surface area (Å²) in [4.78, 5) is 5.85. The first-order valence-electron chi connectivity index (χ1n) is 6.36. The van der Waals surface area contributed by atoms with E-state index < -0.39 is 21.6 Å². The van der Waals surface area contributed by atoms with E-state index in [9.17, 15) is 21.6 Å². The van der Waals surface area contributed by atoms with E-state index in [2.05, 4.69) is 4.98 Å². The molecule has 0 saturated heterocycles. The Labute approximate surface area is 130 Å². The molecule has 0 saturated carbocycles. The Morgan fingerprint density at radius 1 is 1.36 bits per heavy atom. The van der Waals surface area contributed by atoms with E-state index in [0.29, 0.717) is 9.83 Å². The molecule has 0 N–H and O–H groups in total. The summed E-state index contributed by atoms with van der Waals surface area (Å²) in [5, 5.41) is 0.491. The summed E-state index contributed by atoms with van der Waals surface area (Å²) in [6, 6.07) is 3.08. The second-order valence-corrected chi connectivity index (χ2v) is 8.42. The van der Waals surface area contributed by atoms with Gasteiger partial charge in [0.1, 0.15) is 9.84 Å². The van der Waals surface area contributed by atoms with Crippen LogP contribution in [-0.4, -0.2) is 38.5 Å². The molecule has 22 heavy (non-hydrogen) atoms. The minimum Gasteiger partial charge on any atom is -0.347 e. The van der Waals surface area contributed by atoms with Crippen molar-refractivity contribution >= 4 is 36.5 Å². The van der Waals surface area contributed by atoms with E-state index in [4.69, 9.17) is 0 Å². The van der Waals surface area contributed by atoms with Gasteiger partial charge in [-0.2, -0.15) is 13.2 Å². The van der Waals surface area contributed by atoms with Crippen molar-refractivity contribution in [3.63, 3.8) is 0 Å². The fourth-order valence-corrected chi connectivity index (χ4v) is 4.09. The van der Waals surface area contributed by atoms with Crippen LogP contribution < -0.4 is 4.90 Å². The van der Waals surface area contributed by atoms with E-state index in [0.717, 1.165) is 18.4 Å². The predicted octanol–water partition coefficient (Wildman–Crippen LogP) is 3.18. The molecule has 0 fully saturated rings. The van der Waals surface area contributed by atoms with Gasteiger partial charge in [0.25, 0.3) is 0 Å². The van der Waals surface area contributed by atoms with E-state index in [1.165, 1.54) is 17.4 Å². The summed E-state index contributed by atoms with van der Waals surface area (Å²) in [7, 11) is -1.47. The molecule has 0 aliphatic heterocycles. The number of thiazole rings is 1. The highest BCUT2D eigenvalue weighted by Crippen LogP contribution is 2.35. The molecule has 122 valence electrons. The minimum absolute atomic E-state index is 0.0484. The second kappa shape index (κ2) is 5.69. The molecule has 1 aromatic heterocycles. The molecule has 1 atom stereocenters. The van der Waals surface area contributed by atoms with Gasteiger partial charge in [-0.05, 0) is 25.1 Å². The van der Waals surface area contributed by atoms with Gasteiger partial charge in [0.2, 0.25) is 0 Å². The first-order valence-corrected chi connectivity index (χ1v) is 9.23. The number of alkyl halides is 3. The molecule has 2 rings (SSSR count). The molecule has 2 aromatic rings. The molecule has 0 amide bonds. The lowest BCUT2D eigenvalue weighted by Gasteiger charge is -2.23. The van der Waals surface area contributed by atoms with Gasteiger partial charge in [-0.1, -0.05) is 11.3 Å². The van der Waals surface area contributed by atoms with Crippen molar-refractivity contribution in [1.82, 2.24) is 4.98 Å². The van der Waals surface area contributed by atoms with E-state index >= 15 is 0 Å². The van der Waals surface area contributed by atoms with Gasteiger partial charge >= 0.3 is 6.18 Å². The van der Waals surface area contributed by atoms with Crippen molar-refractivity contribution in [2.24, 2.45) is 0 Å². The molecule has 4 nitrogen and oxygen atoms in total. The van der Waals surface area contributed by atoms with Crippen LogP contribution >= 0.6 is 11.3 Å². The van der Waals surface area contributed by atoms with Crippen molar-refractivity contribution in [2.75, 3.05) is 24.0 Å². The van der Waals surface area contributed by atoms with Gasteiger partial charge in [-0.3, -0.25) is 0 Å². The van der Waals surface area contributed by atoms with Crippen LogP contribution in [-0.2, 0) is 16.0 Å². The Bertz CT molecular complexity index is 784. The number of fused-ring (bicyclic) bond motifs is 1. The largest absolute Gasteiger partial charge is 0.416 e. The van der Waals surface area contributed by atoms with Crippen molar-refractivity contribution in [2.45, 2.75) is 19.1 Å². The lowest BCUT2D eigenvalue weighted by Crippen LogP contribution is -2.34. The summed E-state index contributed by atoms with van der Waals surface area (Å²) >= 11 is 1.23. The number of hydrogen-bond acceptors (Lipinski definition) is 5. The van der Waals surface area contributed by atoms with Crippen molar-refractivity contribution in [3.8, 4) is 0 Å². The Hall–Kier alpha value is -1.35. The first kappa shape index (κ1) is 17.0. The van der Waals surface area contributed by atoms with Crippen LogP contribution in [0.25, 0.3) is 10.2 Å². The van der Waals surface area contributed by atoms with Crippen molar-refractivity contribution < 1.29 is 21.6 Å². The van der Waals surface area contributed by atoms with Gasteiger partial charge in [0.05, 0.1) is 21.5 Å². The molecule has 9 heteroatoms. The standard InChI is InChI=1S/C13H15F3N2O2S2/c1-8(7-22(3,19)20)18(2)12-17-10-6-9(13(14,15)16)4-5-11(10)21-12/h4-6,8H,7H2,1-3H3. The average molecular weight is 352 g/mol. The van der Waals surface area contributed by atoms with Crippen LogP contribution in [0.2, 0.25) is 0 Å². The lowest BCUT2D eigenvalue weighted by atomic mass is 10.2. The molecule has 1 unspecified atom stereocenters. The monoisotopic (exact) mass is 352 g/mol. The number of anilines is 1. The maximum absolute atomic E-state index is 12.7. The quantitative estimate of drug-likeness (QED) is 0.848. The maximum Gasteiger partial charge on any atom is 0.416 e. The van der Waals surface area contributed by atoms with Crippen LogP contribution in [0.4, 0.5) is 18.3 Å². The van der Waals surface area contributed by atoms with E-state index in [-0.39, 0.29) is 17.3 Å². The summed E-state index contributed by atoms with van der Waals surface area (Å²) in [6.45, 7) is 1.73. The van der Waals surface area contributed by atoms with Crippen LogP contribution in [0.1, 0.15) is 12.5 Å². The van der Waals surface area contributed by atoms with Gasteiger partial charge in [-0.15, -0.1) is 0 Å². The Kier molecular flexibility index (Phi) is 4.40. The molecule has 0 aliphatic carbocycles. The molecule has 0 spiro atoms. The SMILES string of the molecule is CC(CS(C)(=O)=O)N(C)c1nc2cc(C(F)(F)F)ccc2s1. The summed E-state index contributed by atoms with van der Waals surface area (Å²) in [5.41, 5.74) is -0.489. The maximum atomic E-state index is 12.7. The summed E-state index contributed by atoms with van der Waals surface area (Å²) < 4.78 is 61.4. The van der Waals surface area contributed by atoms with Crippen LogP contribution in [0.5, 0.6) is 0 Å². The Balaban J connectivity index is 2.33. The number of benzene rings is 1. The number of halogens is 3. The normalized spacial score (nSPS) is 14.3. The molecule has 0 aliphatic rings. The summed E-state index contributed by atoms with van der Waals surface area (Å²) in [5.74, 6) is -0.0484. The Morgan fingerprint density at radius 3 is 2.55 bits per heavy atom. The second-order valence-electron chi connectivity index (χ2n) is 5.23. The van der Waals surface area contributed by atoms with Gasteiger partial charge < -0.3 is 4.90 Å². The van der Waals surface area contributed by atoms with Gasteiger partial charge in [0, 0.05) is 19.3 Å². The molecule has 0 radical (unpaired) electrons. The number of aromatic nitrogens is 1. The molecular weight excluding hydrogens is 337 g/mol. The third kappa shape index (κ3) is 3.89. The minimum atomic E-state index is -4.41. The number of nitrogens with zero attached hydrogens (tertiary/aromatic N) is 2. The highest BCUT2D eigenvalue weighted by Gasteiger charge is 2.31. The van der Waals surface area contributed by atoms with E-state index in [1.54, 1.807) is 18.9 Å². The highest BCUT2D eigenvalue weighted by atomic mass is 32.2. The fourth-order valence-electron chi connectivity index (χ4n) is 1.98. The first-order chi connectivity index (χ1) is 9.97. The number of hydrogen-bond donors (Lipinski definition) is 0. The molecular formula is C13H15F3N2O2S2. The van der Waals surface area contributed by atoms with Crippen molar-refractivity contribution in [1.29, 1.82) is 0 Å². The van der Waals surface area contributed by atoms with Crippen LogP contribution in [0.15, 0.2) is 18.2 Å². The van der Waals surface area contributed by atoms with Gasteiger partial charge in [0.15, 0.2) is 5.13 Å². The smallest absolute Gasteiger partial charge is 0.347 e. The predicted molar refractivity (Wildman–Crippen MR) is 82.2 cm³/mol. The zero-order valence-corrected chi connectivity index (χ0v) is 13.8. The fraction of sp³-hybridized carbons (Fsp3) is 0.462. The topological polar surface area (TPSA) is 50.3 Å². The van der Waals surface area contributed by atoms with Crippen LogP contribution in [0, 0.1) is 0 Å². The average Bonchev–Trinajstić information content (AvgIpc) is 2.77. The number of rotatable bonds is 4. The van der Waals surface area contributed by atoms with Gasteiger partial charge in [-0.25, -0.2) is 13.4 Å². The van der Waals surface area contributed by atoms with Crippen LogP contribution in [0.3, 0.4) is 0 Å². The molecule has 1 aromatic carbocycles. The lowest BCUT2D eigenvalue weighted by molar-refractivity contribution is -0.137. The third-order valence-corrected chi connectivity index (χ3v) is 5.43. The molecule has 0 bridgehead atoms. The summed E-state index contributed by atoms with van der Waals surface area (Å²) in [6.07, 6.45) is -3.27. The number of sulfone groups is 1.